The van der Waals surface area contributed by atoms with Gasteiger partial charge in [-0.1, -0.05) is 18.2 Å². The van der Waals surface area contributed by atoms with Crippen LogP contribution in [0.15, 0.2) is 30.5 Å². The number of fused-ring (bicyclic) bond motifs is 1. The Kier molecular flexibility index (Phi) is 10.0. The number of aromatic nitrogens is 1. The lowest BCUT2D eigenvalue weighted by Crippen LogP contribution is -2.58. The van der Waals surface area contributed by atoms with Crippen molar-refractivity contribution in [1.82, 2.24) is 20.9 Å². The van der Waals surface area contributed by atoms with Gasteiger partial charge in [0, 0.05) is 28.6 Å². The molecule has 180 valence electrons. The Balaban J connectivity index is 1.97. The lowest BCUT2D eigenvalue weighted by molar-refractivity contribution is -0.141. The monoisotopic (exact) mass is 497 g/mol. The van der Waals surface area contributed by atoms with Crippen LogP contribution in [0.25, 0.3) is 10.9 Å². The molecule has 0 radical (unpaired) electrons. The van der Waals surface area contributed by atoms with Crippen molar-refractivity contribution in [2.75, 3.05) is 18.1 Å². The minimum Gasteiger partial charge on any atom is -0.480 e. The number of carbonyl (C=O) groups is 4. The first kappa shape index (κ1) is 26.5. The van der Waals surface area contributed by atoms with Crippen LogP contribution in [0.4, 0.5) is 0 Å². The molecule has 0 spiro atoms. The number of carboxylic acids is 1. The van der Waals surface area contributed by atoms with E-state index in [1.54, 1.807) is 6.20 Å². The first-order chi connectivity index (χ1) is 15.7. The fourth-order valence-electron chi connectivity index (χ4n) is 3.03. The van der Waals surface area contributed by atoms with E-state index in [9.17, 15) is 24.3 Å². The van der Waals surface area contributed by atoms with Crippen LogP contribution in [0, 0.1) is 0 Å². The normalized spacial score (nSPS) is 14.7. The van der Waals surface area contributed by atoms with Crippen molar-refractivity contribution >= 4 is 59.9 Å². The molecule has 1 aromatic heterocycles. The van der Waals surface area contributed by atoms with Crippen molar-refractivity contribution in [3.8, 4) is 0 Å². The molecule has 2 rings (SSSR count). The van der Waals surface area contributed by atoms with Gasteiger partial charge in [-0.25, -0.2) is 4.79 Å². The van der Waals surface area contributed by atoms with E-state index < -0.39 is 54.5 Å². The summed E-state index contributed by atoms with van der Waals surface area (Å²) in [6, 6.07) is 2.72. The highest BCUT2D eigenvalue weighted by Gasteiger charge is 2.29. The van der Waals surface area contributed by atoms with Crippen molar-refractivity contribution in [2.24, 2.45) is 5.73 Å². The van der Waals surface area contributed by atoms with E-state index in [1.165, 1.54) is 0 Å². The quantitative estimate of drug-likeness (QED) is 0.158. The molecule has 13 heteroatoms. The Morgan fingerprint density at radius 1 is 0.939 bits per heavy atom. The van der Waals surface area contributed by atoms with Gasteiger partial charge < -0.3 is 36.9 Å². The van der Waals surface area contributed by atoms with Gasteiger partial charge in [-0.05, 0) is 18.1 Å². The summed E-state index contributed by atoms with van der Waals surface area (Å²) in [5, 5.41) is 26.3. The van der Waals surface area contributed by atoms with Gasteiger partial charge >= 0.3 is 5.97 Å². The zero-order chi connectivity index (χ0) is 24.5. The van der Waals surface area contributed by atoms with E-state index in [0.717, 1.165) is 16.5 Å². The summed E-state index contributed by atoms with van der Waals surface area (Å²) in [5.74, 6) is -3.90. The van der Waals surface area contributed by atoms with Crippen LogP contribution in [-0.2, 0) is 25.6 Å². The summed E-state index contributed by atoms with van der Waals surface area (Å²) in [6.45, 7) is -0.788. The van der Waals surface area contributed by atoms with Crippen LogP contribution >= 0.6 is 25.3 Å². The number of benzene rings is 1. The van der Waals surface area contributed by atoms with Crippen LogP contribution < -0.4 is 21.7 Å². The van der Waals surface area contributed by atoms with E-state index in [4.69, 9.17) is 10.8 Å². The number of H-pyrrole nitrogens is 1. The van der Waals surface area contributed by atoms with Crippen LogP contribution in [0.1, 0.15) is 5.56 Å². The molecule has 4 unspecified atom stereocenters. The maximum absolute atomic E-state index is 12.6. The van der Waals surface area contributed by atoms with Crippen LogP contribution in [0.3, 0.4) is 0 Å². The second-order valence-electron chi connectivity index (χ2n) is 7.24. The number of hydrogen-bond donors (Lipinski definition) is 9. The third kappa shape index (κ3) is 7.12. The standard InChI is InChI=1S/C20H27N5O6S2/c21-12(5-10-6-22-13-4-2-1-3-11(10)13)17(27)24-15(8-32)19(29)23-14(7-26)18(28)25-16(9-33)20(30)31/h1-4,6,12,14-16,22,26,32-33H,5,7-9,21H2,(H,23,29)(H,24,27)(H,25,28)(H,30,31). The van der Waals surface area contributed by atoms with E-state index in [1.807, 2.05) is 24.3 Å². The average molecular weight is 498 g/mol. The van der Waals surface area contributed by atoms with Gasteiger partial charge in [0.25, 0.3) is 0 Å². The number of aromatic amines is 1. The number of nitrogens with one attached hydrogen (secondary N) is 4. The molecule has 33 heavy (non-hydrogen) atoms. The molecule has 0 aliphatic carbocycles. The molecular formula is C20H27N5O6S2. The summed E-state index contributed by atoms with van der Waals surface area (Å²) >= 11 is 7.90. The van der Waals surface area contributed by atoms with Crippen molar-refractivity contribution in [1.29, 1.82) is 0 Å². The van der Waals surface area contributed by atoms with Crippen LogP contribution in [-0.4, -0.2) is 81.2 Å². The number of aliphatic carboxylic acids is 1. The minimum absolute atomic E-state index is 0.106. The molecule has 0 saturated heterocycles. The first-order valence-corrected chi connectivity index (χ1v) is 11.2. The molecule has 8 N–H and O–H groups in total. The van der Waals surface area contributed by atoms with Crippen molar-refractivity contribution < 1.29 is 29.4 Å². The van der Waals surface area contributed by atoms with Gasteiger partial charge in [-0.3, -0.25) is 14.4 Å². The third-order valence-electron chi connectivity index (χ3n) is 4.88. The molecule has 0 aliphatic rings. The predicted octanol–water partition coefficient (Wildman–Crippen LogP) is -1.57. The van der Waals surface area contributed by atoms with Gasteiger partial charge in [-0.2, -0.15) is 25.3 Å². The summed E-state index contributed by atoms with van der Waals surface area (Å²) < 4.78 is 0. The van der Waals surface area contributed by atoms with Gasteiger partial charge in [0.15, 0.2) is 0 Å². The SMILES string of the molecule is NC(Cc1c[nH]c2ccccc12)C(=O)NC(CS)C(=O)NC(CO)C(=O)NC(CS)C(=O)O. The maximum atomic E-state index is 12.6. The van der Waals surface area contributed by atoms with Crippen LogP contribution in [0.2, 0.25) is 0 Å². The largest absolute Gasteiger partial charge is 0.480 e. The zero-order valence-corrected chi connectivity index (χ0v) is 19.3. The first-order valence-electron chi connectivity index (χ1n) is 9.98. The molecule has 1 heterocycles. The average Bonchev–Trinajstić information content (AvgIpc) is 3.21. The third-order valence-corrected chi connectivity index (χ3v) is 5.61. The number of rotatable bonds is 12. The fraction of sp³-hybridized carbons (Fsp3) is 0.400. The Labute approximate surface area is 200 Å². The van der Waals surface area contributed by atoms with Crippen molar-refractivity contribution in [3.05, 3.63) is 36.0 Å². The topological polar surface area (TPSA) is 187 Å². The second kappa shape index (κ2) is 12.5. The zero-order valence-electron chi connectivity index (χ0n) is 17.5. The van der Waals surface area contributed by atoms with E-state index in [0.29, 0.717) is 0 Å². The Morgan fingerprint density at radius 2 is 1.52 bits per heavy atom. The van der Waals surface area contributed by atoms with E-state index in [-0.39, 0.29) is 17.9 Å². The molecule has 0 bridgehead atoms. The molecule has 0 aliphatic heterocycles. The van der Waals surface area contributed by atoms with Gasteiger partial charge in [-0.15, -0.1) is 0 Å². The molecule has 0 fully saturated rings. The van der Waals surface area contributed by atoms with Gasteiger partial charge in [0.2, 0.25) is 17.7 Å². The van der Waals surface area contributed by atoms with Crippen LogP contribution in [0.5, 0.6) is 0 Å². The Bertz CT molecular complexity index is 1000. The number of nitrogens with two attached hydrogens (primary N) is 1. The highest BCUT2D eigenvalue weighted by atomic mass is 32.1. The molecule has 11 nitrogen and oxygen atoms in total. The maximum Gasteiger partial charge on any atom is 0.327 e. The van der Waals surface area contributed by atoms with Gasteiger partial charge in [0.1, 0.15) is 18.1 Å². The van der Waals surface area contributed by atoms with E-state index >= 15 is 0 Å². The molecule has 1 aromatic carbocycles. The number of thiol groups is 2. The summed E-state index contributed by atoms with van der Waals surface area (Å²) in [5.41, 5.74) is 7.78. The summed E-state index contributed by atoms with van der Waals surface area (Å²) in [4.78, 5) is 51.4. The fourth-order valence-corrected chi connectivity index (χ4v) is 3.53. The minimum atomic E-state index is -1.43. The summed E-state index contributed by atoms with van der Waals surface area (Å²) in [6.07, 6.45) is 1.99. The second-order valence-corrected chi connectivity index (χ2v) is 7.97. The molecule has 3 amide bonds. The smallest absolute Gasteiger partial charge is 0.327 e. The van der Waals surface area contributed by atoms with E-state index in [2.05, 4.69) is 46.2 Å². The number of amides is 3. The summed E-state index contributed by atoms with van der Waals surface area (Å²) in [7, 11) is 0. The highest BCUT2D eigenvalue weighted by molar-refractivity contribution is 7.80. The number of carboxylic acid groups (broad SMARTS) is 1. The molecular weight excluding hydrogens is 470 g/mol. The van der Waals surface area contributed by atoms with Gasteiger partial charge in [0.05, 0.1) is 12.6 Å². The predicted molar refractivity (Wildman–Crippen MR) is 128 cm³/mol. The lowest BCUT2D eigenvalue weighted by atomic mass is 10.0. The Morgan fingerprint density at radius 3 is 2.12 bits per heavy atom. The number of para-hydroxylation sites is 1. The Hall–Kier alpha value is -2.74. The molecule has 4 atom stereocenters. The number of hydrogen-bond acceptors (Lipinski definition) is 8. The number of carbonyl (C=O) groups excluding carboxylic acids is 3. The number of aliphatic hydroxyl groups excluding tert-OH is 1. The van der Waals surface area contributed by atoms with Crippen molar-refractivity contribution in [3.63, 3.8) is 0 Å². The van der Waals surface area contributed by atoms with Crippen molar-refractivity contribution in [2.45, 2.75) is 30.6 Å². The number of aliphatic hydroxyl groups is 1. The molecule has 2 aromatic rings. The lowest BCUT2D eigenvalue weighted by Gasteiger charge is -2.23. The highest BCUT2D eigenvalue weighted by Crippen LogP contribution is 2.18. The molecule has 0 saturated carbocycles.